The summed E-state index contributed by atoms with van der Waals surface area (Å²) in [6.45, 7) is 4.11. The van der Waals surface area contributed by atoms with E-state index in [1.807, 2.05) is 0 Å². The van der Waals surface area contributed by atoms with Crippen LogP contribution in [0.3, 0.4) is 0 Å². The lowest BCUT2D eigenvalue weighted by atomic mass is 9.95. The van der Waals surface area contributed by atoms with E-state index in [1.165, 1.54) is 0 Å². The van der Waals surface area contributed by atoms with Crippen LogP contribution in [0, 0.1) is 5.92 Å². The minimum atomic E-state index is -0.0426. The van der Waals surface area contributed by atoms with Crippen molar-refractivity contribution in [2.24, 2.45) is 5.92 Å². The first kappa shape index (κ1) is 15.9. The van der Waals surface area contributed by atoms with E-state index < -0.39 is 0 Å². The summed E-state index contributed by atoms with van der Waals surface area (Å²) in [6, 6.07) is 0. The van der Waals surface area contributed by atoms with Gasteiger partial charge < -0.3 is 19.6 Å². The maximum Gasteiger partial charge on any atom is 0.225 e. The number of carbonyl (C=O) groups excluding carboxylic acids is 2. The number of piperidine rings is 1. The summed E-state index contributed by atoms with van der Waals surface area (Å²) in [5, 5.41) is 9.01. The third-order valence-electron chi connectivity index (χ3n) is 3.54. The van der Waals surface area contributed by atoms with Crippen molar-refractivity contribution in [1.29, 1.82) is 0 Å². The summed E-state index contributed by atoms with van der Waals surface area (Å²) < 4.78 is 4.98. The maximum absolute atomic E-state index is 12.3. The molecule has 0 bridgehead atoms. The third-order valence-corrected chi connectivity index (χ3v) is 3.54. The molecular formula is C13H24N2O4. The molecule has 0 aromatic carbocycles. The zero-order valence-electron chi connectivity index (χ0n) is 11.8. The van der Waals surface area contributed by atoms with E-state index in [0.29, 0.717) is 45.6 Å². The number of carbonyl (C=O) groups is 2. The van der Waals surface area contributed by atoms with Gasteiger partial charge in [0.1, 0.15) is 0 Å². The second-order valence-corrected chi connectivity index (χ2v) is 4.82. The third kappa shape index (κ3) is 4.80. The average molecular weight is 272 g/mol. The van der Waals surface area contributed by atoms with Crippen molar-refractivity contribution < 1.29 is 19.4 Å². The molecule has 6 nitrogen and oxygen atoms in total. The monoisotopic (exact) mass is 272 g/mol. The fraction of sp³-hybridized carbons (Fsp3) is 0.846. The number of nitrogens with zero attached hydrogens (tertiary/aromatic N) is 2. The van der Waals surface area contributed by atoms with Gasteiger partial charge in [-0.05, 0) is 12.8 Å². The van der Waals surface area contributed by atoms with E-state index in [-0.39, 0.29) is 24.3 Å². The first-order valence-electron chi connectivity index (χ1n) is 6.74. The van der Waals surface area contributed by atoms with Gasteiger partial charge in [0, 0.05) is 46.1 Å². The predicted molar refractivity (Wildman–Crippen MR) is 70.5 cm³/mol. The lowest BCUT2D eigenvalue weighted by molar-refractivity contribution is -0.141. The Morgan fingerprint density at radius 2 is 1.95 bits per heavy atom. The van der Waals surface area contributed by atoms with E-state index in [1.54, 1.807) is 23.8 Å². The van der Waals surface area contributed by atoms with Gasteiger partial charge in [-0.2, -0.15) is 0 Å². The molecule has 2 amide bonds. The number of ether oxygens (including phenoxy) is 1. The van der Waals surface area contributed by atoms with Gasteiger partial charge in [0.25, 0.3) is 0 Å². The Kier molecular flexibility index (Phi) is 6.80. The molecule has 0 aromatic rings. The molecular weight excluding hydrogens is 248 g/mol. The number of likely N-dealkylation sites (tertiary alicyclic amines) is 1. The molecule has 0 unspecified atom stereocenters. The molecule has 19 heavy (non-hydrogen) atoms. The highest BCUT2D eigenvalue weighted by Crippen LogP contribution is 2.19. The number of hydrogen-bond acceptors (Lipinski definition) is 4. The molecule has 1 fully saturated rings. The molecule has 0 spiro atoms. The zero-order chi connectivity index (χ0) is 14.3. The van der Waals surface area contributed by atoms with Crippen LogP contribution in [0.15, 0.2) is 0 Å². The fourth-order valence-corrected chi connectivity index (χ4v) is 2.35. The second-order valence-electron chi connectivity index (χ2n) is 4.82. The van der Waals surface area contributed by atoms with Crippen LogP contribution in [0.5, 0.6) is 0 Å². The molecule has 0 atom stereocenters. The van der Waals surface area contributed by atoms with Crippen LogP contribution >= 0.6 is 0 Å². The van der Waals surface area contributed by atoms with Gasteiger partial charge >= 0.3 is 0 Å². The summed E-state index contributed by atoms with van der Waals surface area (Å²) in [4.78, 5) is 27.0. The lowest BCUT2D eigenvalue weighted by Gasteiger charge is -2.33. The highest BCUT2D eigenvalue weighted by atomic mass is 16.5. The van der Waals surface area contributed by atoms with Crippen molar-refractivity contribution >= 4 is 11.8 Å². The summed E-state index contributed by atoms with van der Waals surface area (Å²) >= 11 is 0. The largest absolute Gasteiger partial charge is 0.395 e. The molecule has 6 heteroatoms. The van der Waals surface area contributed by atoms with E-state index in [0.717, 1.165) is 0 Å². The minimum Gasteiger partial charge on any atom is -0.395 e. The van der Waals surface area contributed by atoms with Crippen LogP contribution in [0.1, 0.15) is 19.8 Å². The lowest BCUT2D eigenvalue weighted by Crippen LogP contribution is -2.45. The minimum absolute atomic E-state index is 0.0399. The summed E-state index contributed by atoms with van der Waals surface area (Å²) in [5.41, 5.74) is 0. The normalized spacial score (nSPS) is 16.5. The molecule has 110 valence electrons. The van der Waals surface area contributed by atoms with E-state index >= 15 is 0 Å². The molecule has 0 aliphatic carbocycles. The molecule has 1 heterocycles. The zero-order valence-corrected chi connectivity index (χ0v) is 11.8. The quantitative estimate of drug-likeness (QED) is 0.721. The van der Waals surface area contributed by atoms with Crippen LogP contribution in [0.2, 0.25) is 0 Å². The molecule has 0 saturated carbocycles. The predicted octanol–water partition coefficient (Wildman–Crippen LogP) is -0.288. The van der Waals surface area contributed by atoms with Crippen molar-refractivity contribution in [3.8, 4) is 0 Å². The topological polar surface area (TPSA) is 70.1 Å². The first-order valence-corrected chi connectivity index (χ1v) is 6.74. The number of aliphatic hydroxyl groups excluding tert-OH is 1. The molecule has 1 saturated heterocycles. The number of methoxy groups -OCH3 is 1. The fourth-order valence-electron chi connectivity index (χ4n) is 2.35. The summed E-state index contributed by atoms with van der Waals surface area (Å²) in [6.07, 6.45) is 1.40. The van der Waals surface area contributed by atoms with E-state index in [4.69, 9.17) is 9.84 Å². The van der Waals surface area contributed by atoms with Crippen molar-refractivity contribution in [2.45, 2.75) is 19.8 Å². The highest BCUT2D eigenvalue weighted by Gasteiger charge is 2.28. The van der Waals surface area contributed by atoms with Gasteiger partial charge in [-0.1, -0.05) is 0 Å². The Balaban J connectivity index is 2.48. The molecule has 1 aliphatic heterocycles. The van der Waals surface area contributed by atoms with Crippen LogP contribution in [0.25, 0.3) is 0 Å². The molecule has 0 radical (unpaired) electrons. The van der Waals surface area contributed by atoms with Crippen molar-refractivity contribution in [1.82, 2.24) is 9.80 Å². The summed E-state index contributed by atoms with van der Waals surface area (Å²) in [7, 11) is 1.59. The number of rotatable bonds is 6. The molecule has 1 N–H and O–H groups in total. The van der Waals surface area contributed by atoms with Crippen molar-refractivity contribution in [2.75, 3.05) is 46.5 Å². The average Bonchev–Trinajstić information content (AvgIpc) is 2.42. The van der Waals surface area contributed by atoms with Crippen LogP contribution in [0.4, 0.5) is 0 Å². The standard InChI is InChI=1S/C13H24N2O4/c1-11(17)14-5-3-12(4-6-14)13(18)15(7-9-16)8-10-19-2/h12,16H,3-10H2,1-2H3. The maximum atomic E-state index is 12.3. The van der Waals surface area contributed by atoms with Gasteiger partial charge in [-0.3, -0.25) is 9.59 Å². The SMILES string of the molecule is COCCN(CCO)C(=O)C1CCN(C(C)=O)CC1. The number of amides is 2. The highest BCUT2D eigenvalue weighted by molar-refractivity contribution is 5.79. The van der Waals surface area contributed by atoms with Gasteiger partial charge in [-0.25, -0.2) is 0 Å². The van der Waals surface area contributed by atoms with Crippen LogP contribution < -0.4 is 0 Å². The number of hydrogen-bond donors (Lipinski definition) is 1. The van der Waals surface area contributed by atoms with Gasteiger partial charge in [0.15, 0.2) is 0 Å². The second kappa shape index (κ2) is 8.12. The Bertz CT molecular complexity index is 301. The Hall–Kier alpha value is -1.14. The molecule has 1 rings (SSSR count). The van der Waals surface area contributed by atoms with E-state index in [2.05, 4.69) is 0 Å². The summed E-state index contributed by atoms with van der Waals surface area (Å²) in [5.74, 6) is 0.0887. The van der Waals surface area contributed by atoms with E-state index in [9.17, 15) is 9.59 Å². The first-order chi connectivity index (χ1) is 9.10. The van der Waals surface area contributed by atoms with Crippen LogP contribution in [-0.4, -0.2) is 73.2 Å². The van der Waals surface area contributed by atoms with Gasteiger partial charge in [-0.15, -0.1) is 0 Å². The Morgan fingerprint density at radius 1 is 1.32 bits per heavy atom. The van der Waals surface area contributed by atoms with Gasteiger partial charge in [0.05, 0.1) is 13.2 Å². The Morgan fingerprint density at radius 3 is 2.42 bits per heavy atom. The number of aliphatic hydroxyl groups is 1. The van der Waals surface area contributed by atoms with Crippen molar-refractivity contribution in [3.63, 3.8) is 0 Å². The Labute approximate surface area is 114 Å². The van der Waals surface area contributed by atoms with Gasteiger partial charge in [0.2, 0.25) is 11.8 Å². The molecule has 1 aliphatic rings. The molecule has 0 aromatic heterocycles. The van der Waals surface area contributed by atoms with Crippen molar-refractivity contribution in [3.05, 3.63) is 0 Å². The smallest absolute Gasteiger partial charge is 0.225 e. The van der Waals surface area contributed by atoms with Crippen LogP contribution in [-0.2, 0) is 14.3 Å².